The van der Waals surface area contributed by atoms with Gasteiger partial charge in [-0.15, -0.1) is 24.0 Å². The Balaban J connectivity index is 0.00000324. The van der Waals surface area contributed by atoms with E-state index in [1.807, 2.05) is 60.4 Å². The Morgan fingerprint density at radius 3 is 2.59 bits per heavy atom. The maximum absolute atomic E-state index is 12.3. The molecule has 2 aliphatic rings. The van der Waals surface area contributed by atoms with Crippen LogP contribution in [0.15, 0.2) is 53.5 Å². The van der Waals surface area contributed by atoms with Crippen LogP contribution >= 0.6 is 24.0 Å². The van der Waals surface area contributed by atoms with Crippen molar-refractivity contribution in [2.75, 3.05) is 42.6 Å². The summed E-state index contributed by atoms with van der Waals surface area (Å²) in [4.78, 5) is 32.5. The lowest BCUT2D eigenvalue weighted by atomic mass is 10.2. The highest BCUT2D eigenvalue weighted by atomic mass is 127. The maximum atomic E-state index is 12.3. The van der Waals surface area contributed by atoms with Crippen molar-refractivity contribution in [3.05, 3.63) is 54.1 Å². The van der Waals surface area contributed by atoms with Gasteiger partial charge in [0.1, 0.15) is 5.75 Å². The van der Waals surface area contributed by atoms with Crippen LogP contribution in [0.5, 0.6) is 5.75 Å². The molecule has 2 aliphatic heterocycles. The summed E-state index contributed by atoms with van der Waals surface area (Å²) in [5.74, 6) is 1.67. The third-order valence-corrected chi connectivity index (χ3v) is 5.74. The average molecular weight is 577 g/mol. The minimum absolute atomic E-state index is 0. The highest BCUT2D eigenvalue weighted by Gasteiger charge is 2.24. The van der Waals surface area contributed by atoms with Gasteiger partial charge in [-0.2, -0.15) is 0 Å². The van der Waals surface area contributed by atoms with Gasteiger partial charge in [0.05, 0.1) is 12.2 Å². The van der Waals surface area contributed by atoms with E-state index in [0.717, 1.165) is 54.6 Å². The lowest BCUT2D eigenvalue weighted by molar-refractivity contribution is -0.121. The van der Waals surface area contributed by atoms with Gasteiger partial charge >= 0.3 is 0 Å². The second-order valence-corrected chi connectivity index (χ2v) is 8.09. The highest BCUT2D eigenvalue weighted by molar-refractivity contribution is 14.0. The molecular formula is C25H32IN5O3. The number of ether oxygens (including phenoxy) is 1. The van der Waals surface area contributed by atoms with Crippen LogP contribution in [0.4, 0.5) is 11.4 Å². The molecule has 2 aromatic rings. The molecule has 0 saturated carbocycles. The van der Waals surface area contributed by atoms with E-state index in [1.165, 1.54) is 0 Å². The topological polar surface area (TPSA) is 86.3 Å². The third kappa shape index (κ3) is 6.40. The zero-order valence-electron chi connectivity index (χ0n) is 19.5. The molecule has 0 spiro atoms. The SMILES string of the molecule is CCNC(=NCc1ccc(N2CCCC2=O)cc1)NCCCN1C(=O)COc2ccccc21.I. The van der Waals surface area contributed by atoms with Crippen LogP contribution < -0.4 is 25.2 Å². The lowest BCUT2D eigenvalue weighted by Gasteiger charge is -2.29. The largest absolute Gasteiger partial charge is 0.482 e. The van der Waals surface area contributed by atoms with E-state index in [9.17, 15) is 9.59 Å². The van der Waals surface area contributed by atoms with E-state index in [2.05, 4.69) is 15.6 Å². The van der Waals surface area contributed by atoms with E-state index >= 15 is 0 Å². The summed E-state index contributed by atoms with van der Waals surface area (Å²) in [6, 6.07) is 15.7. The first-order chi connectivity index (χ1) is 16.2. The molecule has 2 amide bonds. The zero-order valence-corrected chi connectivity index (χ0v) is 21.8. The fourth-order valence-corrected chi connectivity index (χ4v) is 4.06. The molecule has 2 heterocycles. The van der Waals surface area contributed by atoms with Crippen LogP contribution in [0.25, 0.3) is 0 Å². The number of benzene rings is 2. The fourth-order valence-electron chi connectivity index (χ4n) is 4.06. The van der Waals surface area contributed by atoms with Gasteiger partial charge in [0, 0.05) is 38.3 Å². The van der Waals surface area contributed by atoms with Crippen molar-refractivity contribution >= 4 is 53.1 Å². The van der Waals surface area contributed by atoms with Gasteiger partial charge in [-0.25, -0.2) is 4.99 Å². The van der Waals surface area contributed by atoms with Gasteiger partial charge < -0.3 is 25.2 Å². The van der Waals surface area contributed by atoms with E-state index in [0.29, 0.717) is 26.1 Å². The van der Waals surface area contributed by atoms with Gasteiger partial charge in [0.2, 0.25) is 5.91 Å². The molecule has 0 radical (unpaired) electrons. The summed E-state index contributed by atoms with van der Waals surface area (Å²) >= 11 is 0. The molecule has 2 aromatic carbocycles. The van der Waals surface area contributed by atoms with Crippen molar-refractivity contribution in [2.45, 2.75) is 32.7 Å². The second kappa shape index (κ2) is 12.6. The van der Waals surface area contributed by atoms with Crippen LogP contribution in [-0.4, -0.2) is 50.6 Å². The van der Waals surface area contributed by atoms with Crippen LogP contribution in [0.2, 0.25) is 0 Å². The number of rotatable bonds is 8. The van der Waals surface area contributed by atoms with E-state index in [4.69, 9.17) is 4.74 Å². The van der Waals surface area contributed by atoms with Gasteiger partial charge in [0.25, 0.3) is 5.91 Å². The molecule has 0 bridgehead atoms. The number of aliphatic imine (C=N–C) groups is 1. The minimum Gasteiger partial charge on any atom is -0.482 e. The average Bonchev–Trinajstić information content (AvgIpc) is 3.27. The predicted octanol–water partition coefficient (Wildman–Crippen LogP) is 3.30. The van der Waals surface area contributed by atoms with E-state index in [-0.39, 0.29) is 42.4 Å². The first-order valence-corrected chi connectivity index (χ1v) is 11.6. The molecule has 1 saturated heterocycles. The second-order valence-electron chi connectivity index (χ2n) is 8.09. The number of para-hydroxylation sites is 2. The molecule has 34 heavy (non-hydrogen) atoms. The standard InChI is InChI=1S/C25H31N5O3.HI/c1-2-26-25(28-17-19-10-12-20(13-11-19)29-15-5-9-23(29)31)27-14-6-16-30-21-7-3-4-8-22(21)33-18-24(30)32;/h3-4,7-8,10-13H,2,5-6,9,14-18H2,1H3,(H2,26,27,28);1H. The summed E-state index contributed by atoms with van der Waals surface area (Å²) in [5.41, 5.74) is 2.86. The fraction of sp³-hybridized carbons (Fsp3) is 0.400. The van der Waals surface area contributed by atoms with Gasteiger partial charge in [-0.1, -0.05) is 24.3 Å². The van der Waals surface area contributed by atoms with E-state index < -0.39 is 0 Å². The maximum Gasteiger partial charge on any atom is 0.265 e. The van der Waals surface area contributed by atoms with Crippen molar-refractivity contribution in [3.8, 4) is 5.75 Å². The number of hydrogen-bond acceptors (Lipinski definition) is 4. The summed E-state index contributed by atoms with van der Waals surface area (Å²) in [6.45, 7) is 5.51. The number of nitrogens with zero attached hydrogens (tertiary/aromatic N) is 3. The summed E-state index contributed by atoms with van der Waals surface area (Å²) in [5, 5.41) is 6.61. The van der Waals surface area contributed by atoms with E-state index in [1.54, 1.807) is 4.90 Å². The number of hydrogen-bond donors (Lipinski definition) is 2. The smallest absolute Gasteiger partial charge is 0.265 e. The molecule has 0 atom stereocenters. The molecule has 9 heteroatoms. The molecule has 0 aromatic heterocycles. The number of fused-ring (bicyclic) bond motifs is 1. The van der Waals surface area contributed by atoms with Crippen molar-refractivity contribution in [3.63, 3.8) is 0 Å². The molecule has 0 unspecified atom stereocenters. The number of anilines is 2. The number of halogens is 1. The van der Waals surface area contributed by atoms with Crippen LogP contribution in [-0.2, 0) is 16.1 Å². The third-order valence-electron chi connectivity index (χ3n) is 5.74. The normalized spacial score (nSPS) is 15.5. The molecule has 0 aliphatic carbocycles. The Labute approximate surface area is 217 Å². The molecule has 182 valence electrons. The Bertz CT molecular complexity index is 1010. The van der Waals surface area contributed by atoms with Crippen molar-refractivity contribution in [2.24, 2.45) is 4.99 Å². The molecule has 4 rings (SSSR count). The number of carbonyl (C=O) groups excluding carboxylic acids is 2. The van der Waals surface area contributed by atoms with Crippen LogP contribution in [0.1, 0.15) is 31.7 Å². The number of nitrogens with one attached hydrogen (secondary N) is 2. The summed E-state index contributed by atoms with van der Waals surface area (Å²) < 4.78 is 5.50. The van der Waals surface area contributed by atoms with Gasteiger partial charge in [-0.3, -0.25) is 9.59 Å². The Morgan fingerprint density at radius 1 is 1.06 bits per heavy atom. The van der Waals surface area contributed by atoms with Crippen molar-refractivity contribution < 1.29 is 14.3 Å². The molecule has 1 fully saturated rings. The molecule has 2 N–H and O–H groups in total. The summed E-state index contributed by atoms with van der Waals surface area (Å²) in [6.07, 6.45) is 2.34. The molecule has 8 nitrogen and oxygen atoms in total. The number of carbonyl (C=O) groups is 2. The van der Waals surface area contributed by atoms with Gasteiger partial charge in [-0.05, 0) is 49.6 Å². The first-order valence-electron chi connectivity index (χ1n) is 11.6. The molecular weight excluding hydrogens is 545 g/mol. The Hall–Kier alpha value is -2.82. The Kier molecular flexibility index (Phi) is 9.55. The first kappa shape index (κ1) is 25.8. The van der Waals surface area contributed by atoms with Crippen LogP contribution in [0, 0.1) is 0 Å². The monoisotopic (exact) mass is 577 g/mol. The lowest BCUT2D eigenvalue weighted by Crippen LogP contribution is -2.42. The number of amides is 2. The number of guanidine groups is 1. The predicted molar refractivity (Wildman–Crippen MR) is 145 cm³/mol. The van der Waals surface area contributed by atoms with Gasteiger partial charge in [0.15, 0.2) is 12.6 Å². The minimum atomic E-state index is -0.0200. The highest BCUT2D eigenvalue weighted by Crippen LogP contribution is 2.31. The Morgan fingerprint density at radius 2 is 1.85 bits per heavy atom. The quantitative estimate of drug-likeness (QED) is 0.218. The van der Waals surface area contributed by atoms with Crippen molar-refractivity contribution in [1.29, 1.82) is 0 Å². The zero-order chi connectivity index (χ0) is 23.0. The summed E-state index contributed by atoms with van der Waals surface area (Å²) in [7, 11) is 0. The van der Waals surface area contributed by atoms with Crippen LogP contribution in [0.3, 0.4) is 0 Å². The van der Waals surface area contributed by atoms with Crippen molar-refractivity contribution in [1.82, 2.24) is 10.6 Å².